The highest BCUT2D eigenvalue weighted by atomic mass is 31.2. The molecule has 0 spiro atoms. The minimum Gasteiger partial charge on any atom is -0.309 e. The molecule has 0 saturated heterocycles. The van der Waals surface area contributed by atoms with Crippen LogP contribution >= 0.6 is 7.60 Å². The minimum absolute atomic E-state index is 0.234. The van der Waals surface area contributed by atoms with Gasteiger partial charge in [-0.05, 0) is 33.1 Å². The van der Waals surface area contributed by atoms with Crippen molar-refractivity contribution in [1.29, 1.82) is 0 Å². The second-order valence-electron chi connectivity index (χ2n) is 3.98. The summed E-state index contributed by atoms with van der Waals surface area (Å²) in [5.74, 6) is 0. The summed E-state index contributed by atoms with van der Waals surface area (Å²) in [5.41, 5.74) is -0.234. The zero-order chi connectivity index (χ0) is 12.9. The number of nitrogens with zero attached hydrogens (tertiary/aromatic N) is 1. The van der Waals surface area contributed by atoms with Gasteiger partial charge in [0.05, 0.1) is 24.9 Å². The lowest BCUT2D eigenvalue weighted by molar-refractivity contribution is -0.159. The van der Waals surface area contributed by atoms with E-state index in [9.17, 15) is 14.6 Å². The van der Waals surface area contributed by atoms with Gasteiger partial charge in [0.1, 0.15) is 0 Å². The van der Waals surface area contributed by atoms with E-state index in [0.717, 1.165) is 0 Å². The normalized spacial score (nSPS) is 24.9. The monoisotopic (exact) mass is 265 g/mol. The second kappa shape index (κ2) is 6.50. The van der Waals surface area contributed by atoms with Gasteiger partial charge >= 0.3 is 7.60 Å². The van der Waals surface area contributed by atoms with Crippen molar-refractivity contribution in [3.05, 3.63) is 0 Å². The zero-order valence-electron chi connectivity index (χ0n) is 10.2. The molecular weight excluding hydrogens is 245 g/mol. The standard InChI is InChI=1S/C10H20NO5P/c1-3-15-17(14,16-4-2)10-6-5-9(7-10)11(13)8-12/h8-10,13H,3-7H2,1-2H3/t9-,10+/m1/s1. The number of amides is 1. The SMILES string of the molecule is CCOP(=O)(OCC)[C@H]1CC[C@@H](N(O)C=O)C1. The highest BCUT2D eigenvalue weighted by Gasteiger charge is 2.42. The Bertz CT molecular complexity index is 288. The van der Waals surface area contributed by atoms with Crippen LogP contribution in [-0.2, 0) is 18.4 Å². The highest BCUT2D eigenvalue weighted by Crippen LogP contribution is 2.58. The third-order valence-electron chi connectivity index (χ3n) is 2.92. The number of carbonyl (C=O) groups is 1. The van der Waals surface area contributed by atoms with Gasteiger partial charge in [-0.2, -0.15) is 0 Å². The molecule has 1 aliphatic carbocycles. The summed E-state index contributed by atoms with van der Waals surface area (Å²) in [7, 11) is -3.11. The second-order valence-corrected chi connectivity index (χ2v) is 6.31. The van der Waals surface area contributed by atoms with Crippen molar-refractivity contribution in [1.82, 2.24) is 5.06 Å². The van der Waals surface area contributed by atoms with Crippen molar-refractivity contribution in [2.75, 3.05) is 13.2 Å². The van der Waals surface area contributed by atoms with E-state index in [1.54, 1.807) is 13.8 Å². The average Bonchev–Trinajstić information content (AvgIpc) is 2.78. The summed E-state index contributed by atoms with van der Waals surface area (Å²) in [4.78, 5) is 10.4. The Morgan fingerprint density at radius 3 is 2.41 bits per heavy atom. The lowest BCUT2D eigenvalue weighted by Gasteiger charge is -2.23. The lowest BCUT2D eigenvalue weighted by Crippen LogP contribution is -2.29. The fourth-order valence-electron chi connectivity index (χ4n) is 2.16. The Balaban J connectivity index is 2.66. The van der Waals surface area contributed by atoms with E-state index in [2.05, 4.69) is 0 Å². The van der Waals surface area contributed by atoms with Gasteiger partial charge in [-0.3, -0.25) is 14.6 Å². The topological polar surface area (TPSA) is 76.1 Å². The van der Waals surface area contributed by atoms with Crippen LogP contribution in [0.3, 0.4) is 0 Å². The van der Waals surface area contributed by atoms with Gasteiger partial charge in [0, 0.05) is 0 Å². The molecule has 1 aliphatic rings. The van der Waals surface area contributed by atoms with Crippen molar-refractivity contribution in [3.63, 3.8) is 0 Å². The van der Waals surface area contributed by atoms with Crippen LogP contribution in [0.5, 0.6) is 0 Å². The fraction of sp³-hybridized carbons (Fsp3) is 0.900. The quantitative estimate of drug-likeness (QED) is 0.330. The van der Waals surface area contributed by atoms with E-state index < -0.39 is 7.60 Å². The summed E-state index contributed by atoms with van der Waals surface area (Å²) in [6.07, 6.45) is 2.07. The molecule has 0 bridgehead atoms. The van der Waals surface area contributed by atoms with E-state index in [4.69, 9.17) is 9.05 Å². The van der Waals surface area contributed by atoms with Crippen molar-refractivity contribution in [2.45, 2.75) is 44.8 Å². The average molecular weight is 265 g/mol. The molecule has 0 aromatic rings. The van der Waals surface area contributed by atoms with Crippen molar-refractivity contribution < 1.29 is 23.6 Å². The van der Waals surface area contributed by atoms with E-state index in [-0.39, 0.29) is 11.7 Å². The molecule has 1 fully saturated rings. The first-order chi connectivity index (χ1) is 8.07. The lowest BCUT2D eigenvalue weighted by atomic mass is 10.2. The van der Waals surface area contributed by atoms with Gasteiger partial charge in [0.2, 0.25) is 6.41 Å². The molecule has 1 amide bonds. The van der Waals surface area contributed by atoms with Crippen LogP contribution in [0.25, 0.3) is 0 Å². The molecule has 7 heteroatoms. The molecule has 0 radical (unpaired) electrons. The first kappa shape index (κ1) is 14.6. The number of carbonyl (C=O) groups excluding carboxylic acids is 1. The van der Waals surface area contributed by atoms with Crippen LogP contribution in [0.15, 0.2) is 0 Å². The summed E-state index contributed by atoms with van der Waals surface area (Å²) in [6.45, 7) is 4.19. The maximum absolute atomic E-state index is 12.4. The summed E-state index contributed by atoms with van der Waals surface area (Å²) in [6, 6.07) is -0.285. The van der Waals surface area contributed by atoms with E-state index in [0.29, 0.717) is 43.9 Å². The largest absolute Gasteiger partial charge is 0.333 e. The van der Waals surface area contributed by atoms with Crippen LogP contribution in [-0.4, -0.2) is 41.6 Å². The predicted molar refractivity (Wildman–Crippen MR) is 62.0 cm³/mol. The third kappa shape index (κ3) is 3.52. The van der Waals surface area contributed by atoms with Crippen molar-refractivity contribution in [2.24, 2.45) is 0 Å². The van der Waals surface area contributed by atoms with Crippen LogP contribution in [0, 0.1) is 0 Å². The van der Waals surface area contributed by atoms with Crippen LogP contribution < -0.4 is 0 Å². The number of hydroxylamine groups is 2. The maximum Gasteiger partial charge on any atom is 0.333 e. The number of hydrogen-bond acceptors (Lipinski definition) is 5. The Morgan fingerprint density at radius 2 is 1.94 bits per heavy atom. The Morgan fingerprint density at radius 1 is 1.35 bits per heavy atom. The molecule has 0 aliphatic heterocycles. The van der Waals surface area contributed by atoms with Crippen LogP contribution in [0.1, 0.15) is 33.1 Å². The van der Waals surface area contributed by atoms with Gasteiger partial charge in [0.25, 0.3) is 0 Å². The molecule has 1 N–H and O–H groups in total. The molecule has 0 aromatic carbocycles. The fourth-order valence-corrected chi connectivity index (χ4v) is 4.34. The van der Waals surface area contributed by atoms with Gasteiger partial charge in [0.15, 0.2) is 0 Å². The van der Waals surface area contributed by atoms with Gasteiger partial charge in [-0.25, -0.2) is 5.06 Å². The molecule has 6 nitrogen and oxygen atoms in total. The first-order valence-electron chi connectivity index (χ1n) is 5.88. The summed E-state index contributed by atoms with van der Waals surface area (Å²) >= 11 is 0. The smallest absolute Gasteiger partial charge is 0.309 e. The van der Waals surface area contributed by atoms with Gasteiger partial charge in [-0.15, -0.1) is 0 Å². The number of rotatable bonds is 7. The van der Waals surface area contributed by atoms with Crippen LogP contribution in [0.4, 0.5) is 0 Å². The van der Waals surface area contributed by atoms with Crippen LogP contribution in [0.2, 0.25) is 0 Å². The predicted octanol–water partition coefficient (Wildman–Crippen LogP) is 2.02. The van der Waals surface area contributed by atoms with E-state index in [1.165, 1.54) is 0 Å². The Kier molecular flexibility index (Phi) is 5.59. The molecule has 0 aromatic heterocycles. The third-order valence-corrected chi connectivity index (χ3v) is 5.52. The molecule has 100 valence electrons. The van der Waals surface area contributed by atoms with Crippen molar-refractivity contribution in [3.8, 4) is 0 Å². The molecule has 17 heavy (non-hydrogen) atoms. The van der Waals surface area contributed by atoms with Crippen molar-refractivity contribution >= 4 is 14.0 Å². The van der Waals surface area contributed by atoms with Gasteiger partial charge < -0.3 is 9.05 Å². The molecule has 2 atom stereocenters. The summed E-state index contributed by atoms with van der Waals surface area (Å²) < 4.78 is 23.0. The molecular formula is C10H20NO5P. The Labute approximate surface area is 101 Å². The highest BCUT2D eigenvalue weighted by molar-refractivity contribution is 7.54. The van der Waals surface area contributed by atoms with E-state index >= 15 is 0 Å². The molecule has 1 rings (SSSR count). The zero-order valence-corrected chi connectivity index (χ0v) is 11.1. The maximum atomic E-state index is 12.4. The van der Waals surface area contributed by atoms with Gasteiger partial charge in [-0.1, -0.05) is 0 Å². The minimum atomic E-state index is -3.11. The molecule has 0 heterocycles. The Hall–Kier alpha value is -0.420. The molecule has 0 unspecified atom stereocenters. The first-order valence-corrected chi connectivity index (χ1v) is 7.49. The van der Waals surface area contributed by atoms with E-state index in [1.807, 2.05) is 0 Å². The summed E-state index contributed by atoms with van der Waals surface area (Å²) in [5, 5.41) is 9.94. The number of hydrogen-bond donors (Lipinski definition) is 1. The molecule has 1 saturated carbocycles.